The minimum Gasteiger partial charge on any atom is -0.381 e. The van der Waals surface area contributed by atoms with Crippen LogP contribution in [0, 0.1) is 6.92 Å². The lowest BCUT2D eigenvalue weighted by Gasteiger charge is -2.37. The van der Waals surface area contributed by atoms with Crippen LogP contribution >= 0.6 is 0 Å². The number of hydrogen-bond donors (Lipinski definition) is 1. The van der Waals surface area contributed by atoms with Crippen molar-refractivity contribution < 1.29 is 4.74 Å². The maximum atomic E-state index is 5.44. The van der Waals surface area contributed by atoms with Crippen LogP contribution in [-0.2, 0) is 11.2 Å². The summed E-state index contributed by atoms with van der Waals surface area (Å²) in [5, 5.41) is 3.50. The summed E-state index contributed by atoms with van der Waals surface area (Å²) in [7, 11) is 2.07. The van der Waals surface area contributed by atoms with Crippen LogP contribution in [-0.4, -0.2) is 25.8 Å². The Morgan fingerprint density at radius 1 is 1.19 bits per heavy atom. The van der Waals surface area contributed by atoms with E-state index in [1.807, 2.05) is 0 Å². The zero-order valence-corrected chi connectivity index (χ0v) is 10.3. The third-order valence-electron chi connectivity index (χ3n) is 3.64. The van der Waals surface area contributed by atoms with Crippen molar-refractivity contribution in [3.63, 3.8) is 0 Å². The molecule has 0 bridgehead atoms. The Labute approximate surface area is 98.0 Å². The van der Waals surface area contributed by atoms with Crippen molar-refractivity contribution in [3.05, 3.63) is 35.4 Å². The van der Waals surface area contributed by atoms with E-state index in [4.69, 9.17) is 4.74 Å². The van der Waals surface area contributed by atoms with E-state index in [1.165, 1.54) is 11.1 Å². The zero-order valence-electron chi connectivity index (χ0n) is 10.3. The van der Waals surface area contributed by atoms with Gasteiger partial charge < -0.3 is 10.1 Å². The van der Waals surface area contributed by atoms with Crippen LogP contribution in [0.15, 0.2) is 24.3 Å². The molecule has 0 radical (unpaired) electrons. The summed E-state index contributed by atoms with van der Waals surface area (Å²) in [4.78, 5) is 0. The van der Waals surface area contributed by atoms with Gasteiger partial charge >= 0.3 is 0 Å². The first-order valence-electron chi connectivity index (χ1n) is 6.06. The number of rotatable bonds is 3. The quantitative estimate of drug-likeness (QED) is 0.842. The second-order valence-corrected chi connectivity index (χ2v) is 4.81. The van der Waals surface area contributed by atoms with Gasteiger partial charge in [-0.15, -0.1) is 0 Å². The first-order valence-corrected chi connectivity index (χ1v) is 6.06. The molecule has 0 unspecified atom stereocenters. The number of nitrogens with one attached hydrogen (secondary N) is 1. The zero-order chi connectivity index (χ0) is 11.4. The van der Waals surface area contributed by atoms with Crippen molar-refractivity contribution >= 4 is 0 Å². The SMILES string of the molecule is CNC1(Cc2ccc(C)cc2)CCOCC1. The van der Waals surface area contributed by atoms with Gasteiger partial charge in [-0.2, -0.15) is 0 Å². The molecule has 1 aliphatic heterocycles. The van der Waals surface area contributed by atoms with E-state index >= 15 is 0 Å². The van der Waals surface area contributed by atoms with Crippen LogP contribution in [0.4, 0.5) is 0 Å². The average Bonchev–Trinajstić information content (AvgIpc) is 2.33. The van der Waals surface area contributed by atoms with Gasteiger partial charge in [-0.05, 0) is 38.8 Å². The van der Waals surface area contributed by atoms with Crippen molar-refractivity contribution in [3.8, 4) is 0 Å². The van der Waals surface area contributed by atoms with E-state index < -0.39 is 0 Å². The molecule has 0 spiro atoms. The topological polar surface area (TPSA) is 21.3 Å². The van der Waals surface area contributed by atoms with Crippen LogP contribution in [0.1, 0.15) is 24.0 Å². The highest BCUT2D eigenvalue weighted by atomic mass is 16.5. The minimum absolute atomic E-state index is 0.244. The summed E-state index contributed by atoms with van der Waals surface area (Å²) in [6.45, 7) is 3.89. The van der Waals surface area contributed by atoms with E-state index in [-0.39, 0.29) is 5.54 Å². The Morgan fingerprint density at radius 2 is 1.81 bits per heavy atom. The van der Waals surface area contributed by atoms with Gasteiger partial charge in [0.05, 0.1) is 0 Å². The molecule has 0 aromatic heterocycles. The average molecular weight is 219 g/mol. The van der Waals surface area contributed by atoms with Gasteiger partial charge in [0, 0.05) is 18.8 Å². The molecule has 2 rings (SSSR count). The number of ether oxygens (including phenoxy) is 1. The first-order chi connectivity index (χ1) is 7.74. The Kier molecular flexibility index (Phi) is 3.62. The fourth-order valence-electron chi connectivity index (χ4n) is 2.37. The Morgan fingerprint density at radius 3 is 2.38 bits per heavy atom. The van der Waals surface area contributed by atoms with Crippen molar-refractivity contribution in [1.29, 1.82) is 0 Å². The smallest absolute Gasteiger partial charge is 0.0483 e. The molecule has 2 nitrogen and oxygen atoms in total. The molecular weight excluding hydrogens is 198 g/mol. The molecule has 1 N–H and O–H groups in total. The Bertz CT molecular complexity index is 325. The largest absolute Gasteiger partial charge is 0.381 e. The third-order valence-corrected chi connectivity index (χ3v) is 3.64. The van der Waals surface area contributed by atoms with Gasteiger partial charge in [-0.3, -0.25) is 0 Å². The Hall–Kier alpha value is -0.860. The van der Waals surface area contributed by atoms with Crippen molar-refractivity contribution in [1.82, 2.24) is 5.32 Å². The summed E-state index contributed by atoms with van der Waals surface area (Å²) >= 11 is 0. The molecule has 1 saturated heterocycles. The highest BCUT2D eigenvalue weighted by molar-refractivity contribution is 5.23. The van der Waals surface area contributed by atoms with E-state index in [0.29, 0.717) is 0 Å². The lowest BCUT2D eigenvalue weighted by molar-refractivity contribution is 0.0413. The van der Waals surface area contributed by atoms with E-state index in [2.05, 4.69) is 43.6 Å². The van der Waals surface area contributed by atoms with Crippen molar-refractivity contribution in [2.75, 3.05) is 20.3 Å². The maximum absolute atomic E-state index is 5.44. The van der Waals surface area contributed by atoms with Crippen molar-refractivity contribution in [2.24, 2.45) is 0 Å². The van der Waals surface area contributed by atoms with Crippen LogP contribution in [0.2, 0.25) is 0 Å². The van der Waals surface area contributed by atoms with E-state index in [9.17, 15) is 0 Å². The van der Waals surface area contributed by atoms with Crippen LogP contribution in [0.25, 0.3) is 0 Å². The number of hydrogen-bond acceptors (Lipinski definition) is 2. The molecular formula is C14H21NO. The van der Waals surface area contributed by atoms with Crippen LogP contribution < -0.4 is 5.32 Å². The highest BCUT2D eigenvalue weighted by Gasteiger charge is 2.30. The lowest BCUT2D eigenvalue weighted by Crippen LogP contribution is -2.49. The van der Waals surface area contributed by atoms with Gasteiger partial charge in [0.25, 0.3) is 0 Å². The fraction of sp³-hybridized carbons (Fsp3) is 0.571. The lowest BCUT2D eigenvalue weighted by atomic mass is 9.84. The summed E-state index contributed by atoms with van der Waals surface area (Å²) in [6.07, 6.45) is 3.32. The van der Waals surface area contributed by atoms with Gasteiger partial charge in [0.2, 0.25) is 0 Å². The number of benzene rings is 1. The monoisotopic (exact) mass is 219 g/mol. The first kappa shape index (κ1) is 11.6. The molecule has 1 aromatic rings. The predicted octanol–water partition coefficient (Wildman–Crippen LogP) is 2.31. The second-order valence-electron chi connectivity index (χ2n) is 4.81. The summed E-state index contributed by atoms with van der Waals surface area (Å²) in [6, 6.07) is 8.86. The normalized spacial score (nSPS) is 19.6. The molecule has 1 heterocycles. The van der Waals surface area contributed by atoms with Crippen LogP contribution in [0.5, 0.6) is 0 Å². The number of likely N-dealkylation sites (N-methyl/N-ethyl adjacent to an activating group) is 1. The summed E-state index contributed by atoms with van der Waals surface area (Å²) in [5.74, 6) is 0. The molecule has 1 fully saturated rings. The molecule has 16 heavy (non-hydrogen) atoms. The third kappa shape index (κ3) is 2.63. The van der Waals surface area contributed by atoms with Crippen LogP contribution in [0.3, 0.4) is 0 Å². The minimum atomic E-state index is 0.244. The molecule has 1 aromatic carbocycles. The van der Waals surface area contributed by atoms with Gasteiger partial charge in [0.1, 0.15) is 0 Å². The van der Waals surface area contributed by atoms with E-state index in [0.717, 1.165) is 32.5 Å². The van der Waals surface area contributed by atoms with E-state index in [1.54, 1.807) is 0 Å². The van der Waals surface area contributed by atoms with Gasteiger partial charge in [-0.25, -0.2) is 0 Å². The van der Waals surface area contributed by atoms with Gasteiger partial charge in [-0.1, -0.05) is 29.8 Å². The molecule has 0 amide bonds. The fourth-order valence-corrected chi connectivity index (χ4v) is 2.37. The second kappa shape index (κ2) is 4.98. The molecule has 2 heteroatoms. The predicted molar refractivity (Wildman–Crippen MR) is 66.7 cm³/mol. The molecule has 1 aliphatic rings. The summed E-state index contributed by atoms with van der Waals surface area (Å²) < 4.78 is 5.44. The standard InChI is InChI=1S/C14H21NO/c1-12-3-5-13(6-4-12)11-14(15-2)7-9-16-10-8-14/h3-6,15H,7-11H2,1-2H3. The maximum Gasteiger partial charge on any atom is 0.0483 e. The number of aryl methyl sites for hydroxylation is 1. The molecule has 0 aliphatic carbocycles. The van der Waals surface area contributed by atoms with Gasteiger partial charge in [0.15, 0.2) is 0 Å². The van der Waals surface area contributed by atoms with Crippen molar-refractivity contribution in [2.45, 2.75) is 31.7 Å². The molecule has 88 valence electrons. The molecule has 0 atom stereocenters. The Balaban J connectivity index is 2.08. The highest BCUT2D eigenvalue weighted by Crippen LogP contribution is 2.25. The molecule has 0 saturated carbocycles. The summed E-state index contributed by atoms with van der Waals surface area (Å²) in [5.41, 5.74) is 2.99.